The lowest BCUT2D eigenvalue weighted by Crippen LogP contribution is -2.42. The predicted molar refractivity (Wildman–Crippen MR) is 96.8 cm³/mol. The molecule has 0 radical (unpaired) electrons. The Kier molecular flexibility index (Phi) is 4.07. The van der Waals surface area contributed by atoms with E-state index in [0.717, 1.165) is 32.5 Å². The SMILES string of the molecule is Cn1cc(C(N)=O)cc1C(=O)NC1c2ccccc2CC12CCOCC2. The van der Waals surface area contributed by atoms with Gasteiger partial charge in [0.15, 0.2) is 0 Å². The number of hydrogen-bond acceptors (Lipinski definition) is 3. The summed E-state index contributed by atoms with van der Waals surface area (Å²) in [4.78, 5) is 24.4. The van der Waals surface area contributed by atoms with Crippen LogP contribution in [0.1, 0.15) is 50.9 Å². The topological polar surface area (TPSA) is 86.4 Å². The second kappa shape index (κ2) is 6.29. The van der Waals surface area contributed by atoms with E-state index >= 15 is 0 Å². The van der Waals surface area contributed by atoms with Gasteiger partial charge in [0.1, 0.15) is 5.69 Å². The van der Waals surface area contributed by atoms with Crippen LogP contribution >= 0.6 is 0 Å². The van der Waals surface area contributed by atoms with Crippen molar-refractivity contribution in [3.63, 3.8) is 0 Å². The van der Waals surface area contributed by atoms with E-state index in [9.17, 15) is 9.59 Å². The molecule has 6 heteroatoms. The van der Waals surface area contributed by atoms with Gasteiger partial charge in [-0.25, -0.2) is 0 Å². The highest BCUT2D eigenvalue weighted by atomic mass is 16.5. The number of carbonyl (C=O) groups excluding carboxylic acids is 2. The average molecular weight is 353 g/mol. The normalized spacial score (nSPS) is 20.7. The fourth-order valence-electron chi connectivity index (χ4n) is 4.39. The van der Waals surface area contributed by atoms with Gasteiger partial charge in [-0.3, -0.25) is 9.59 Å². The Morgan fingerprint density at radius 3 is 2.69 bits per heavy atom. The maximum absolute atomic E-state index is 13.0. The Labute approximate surface area is 152 Å². The number of nitrogens with one attached hydrogen (secondary N) is 1. The van der Waals surface area contributed by atoms with Gasteiger partial charge in [0.25, 0.3) is 5.91 Å². The first-order chi connectivity index (χ1) is 12.5. The monoisotopic (exact) mass is 353 g/mol. The number of ether oxygens (including phenoxy) is 1. The molecular formula is C20H23N3O3. The Morgan fingerprint density at radius 1 is 1.27 bits per heavy atom. The number of hydrogen-bond donors (Lipinski definition) is 2. The third kappa shape index (κ3) is 2.70. The molecule has 1 saturated heterocycles. The fraction of sp³-hybridized carbons (Fsp3) is 0.400. The summed E-state index contributed by atoms with van der Waals surface area (Å²) < 4.78 is 7.22. The molecule has 26 heavy (non-hydrogen) atoms. The molecule has 0 bridgehead atoms. The fourth-order valence-corrected chi connectivity index (χ4v) is 4.39. The molecule has 1 atom stereocenters. The standard InChI is InChI=1S/C20H23N3O3/c1-23-12-14(18(21)24)10-16(23)19(25)22-17-15-5-3-2-4-13(15)11-20(17)6-8-26-9-7-20/h2-5,10,12,17H,6-9,11H2,1H3,(H2,21,24)(H,22,25). The van der Waals surface area contributed by atoms with Gasteiger partial charge in [-0.05, 0) is 36.5 Å². The Balaban J connectivity index is 1.66. The Bertz CT molecular complexity index is 865. The number of aryl methyl sites for hydroxylation is 1. The summed E-state index contributed by atoms with van der Waals surface area (Å²) in [6.45, 7) is 1.44. The van der Waals surface area contributed by atoms with Crippen molar-refractivity contribution in [3.8, 4) is 0 Å². The highest BCUT2D eigenvalue weighted by Gasteiger charge is 2.47. The van der Waals surface area contributed by atoms with Crippen molar-refractivity contribution in [3.05, 3.63) is 58.9 Å². The van der Waals surface area contributed by atoms with E-state index in [0.29, 0.717) is 11.3 Å². The highest BCUT2D eigenvalue weighted by molar-refractivity contribution is 5.99. The molecule has 2 heterocycles. The zero-order valence-electron chi connectivity index (χ0n) is 14.8. The van der Waals surface area contributed by atoms with Gasteiger partial charge in [-0.15, -0.1) is 0 Å². The van der Waals surface area contributed by atoms with Crippen LogP contribution in [-0.2, 0) is 18.2 Å². The number of nitrogens with zero attached hydrogens (tertiary/aromatic N) is 1. The third-order valence-electron chi connectivity index (χ3n) is 5.81. The molecule has 3 N–H and O–H groups in total. The van der Waals surface area contributed by atoms with Gasteiger partial charge in [0.2, 0.25) is 5.91 Å². The summed E-state index contributed by atoms with van der Waals surface area (Å²) in [6, 6.07) is 9.81. The molecule has 0 saturated carbocycles. The molecule has 1 aliphatic carbocycles. The number of nitrogens with two attached hydrogens (primary N) is 1. The first-order valence-corrected chi connectivity index (χ1v) is 8.93. The molecule has 2 aromatic rings. The smallest absolute Gasteiger partial charge is 0.268 e. The summed E-state index contributed by atoms with van der Waals surface area (Å²) in [5, 5.41) is 3.24. The molecule has 136 valence electrons. The molecule has 1 fully saturated rings. The summed E-state index contributed by atoms with van der Waals surface area (Å²) >= 11 is 0. The van der Waals surface area contributed by atoms with E-state index in [-0.39, 0.29) is 17.4 Å². The van der Waals surface area contributed by atoms with E-state index in [1.54, 1.807) is 23.9 Å². The maximum Gasteiger partial charge on any atom is 0.268 e. The van der Waals surface area contributed by atoms with Gasteiger partial charge in [-0.1, -0.05) is 24.3 Å². The van der Waals surface area contributed by atoms with Crippen LogP contribution in [0.25, 0.3) is 0 Å². The van der Waals surface area contributed by atoms with Crippen molar-refractivity contribution in [1.29, 1.82) is 0 Å². The molecule has 4 rings (SSSR count). The number of fused-ring (bicyclic) bond motifs is 1. The van der Waals surface area contributed by atoms with Crippen LogP contribution in [0.4, 0.5) is 0 Å². The zero-order valence-corrected chi connectivity index (χ0v) is 14.8. The van der Waals surface area contributed by atoms with Gasteiger partial charge in [-0.2, -0.15) is 0 Å². The lowest BCUT2D eigenvalue weighted by Gasteiger charge is -2.39. The van der Waals surface area contributed by atoms with E-state index < -0.39 is 5.91 Å². The van der Waals surface area contributed by atoms with Crippen LogP contribution < -0.4 is 11.1 Å². The first-order valence-electron chi connectivity index (χ1n) is 8.93. The minimum Gasteiger partial charge on any atom is -0.381 e. The Morgan fingerprint density at radius 2 is 2.00 bits per heavy atom. The number of amides is 2. The lowest BCUT2D eigenvalue weighted by atomic mass is 9.74. The van der Waals surface area contributed by atoms with Crippen LogP contribution in [0.15, 0.2) is 36.5 Å². The van der Waals surface area contributed by atoms with Crippen LogP contribution in [0.3, 0.4) is 0 Å². The maximum atomic E-state index is 13.0. The van der Waals surface area contributed by atoms with Gasteiger partial charge in [0, 0.05) is 31.9 Å². The van der Waals surface area contributed by atoms with E-state index in [2.05, 4.69) is 17.4 Å². The van der Waals surface area contributed by atoms with Gasteiger partial charge >= 0.3 is 0 Å². The molecule has 1 spiro atoms. The largest absolute Gasteiger partial charge is 0.381 e. The quantitative estimate of drug-likeness (QED) is 0.884. The molecule has 1 aliphatic heterocycles. The number of aromatic nitrogens is 1. The van der Waals surface area contributed by atoms with E-state index in [4.69, 9.17) is 10.5 Å². The molecule has 2 amide bonds. The first kappa shape index (κ1) is 16.8. The minimum absolute atomic E-state index is 0.00468. The molecule has 2 aliphatic rings. The van der Waals surface area contributed by atoms with Crippen LogP contribution in [0.5, 0.6) is 0 Å². The third-order valence-corrected chi connectivity index (χ3v) is 5.81. The lowest BCUT2D eigenvalue weighted by molar-refractivity contribution is 0.000485. The van der Waals surface area contributed by atoms with Crippen molar-refractivity contribution in [1.82, 2.24) is 9.88 Å². The van der Waals surface area contributed by atoms with Gasteiger partial charge < -0.3 is 20.4 Å². The summed E-state index contributed by atoms with van der Waals surface area (Å²) in [5.41, 5.74) is 8.59. The van der Waals surface area contributed by atoms with Crippen LogP contribution in [0.2, 0.25) is 0 Å². The number of rotatable bonds is 3. The molecule has 1 unspecified atom stereocenters. The molecule has 1 aromatic heterocycles. The van der Waals surface area contributed by atoms with Crippen molar-refractivity contribution < 1.29 is 14.3 Å². The van der Waals surface area contributed by atoms with E-state index in [1.807, 2.05) is 12.1 Å². The van der Waals surface area contributed by atoms with Crippen molar-refractivity contribution in [2.75, 3.05) is 13.2 Å². The summed E-state index contributed by atoms with van der Waals surface area (Å²) in [7, 11) is 1.74. The van der Waals surface area contributed by atoms with Crippen molar-refractivity contribution >= 4 is 11.8 Å². The number of carbonyl (C=O) groups is 2. The van der Waals surface area contributed by atoms with Gasteiger partial charge in [0.05, 0.1) is 11.6 Å². The van der Waals surface area contributed by atoms with Crippen LogP contribution in [-0.4, -0.2) is 29.6 Å². The average Bonchev–Trinajstić information content (AvgIpc) is 3.15. The molecular weight excluding hydrogens is 330 g/mol. The van der Waals surface area contributed by atoms with Crippen molar-refractivity contribution in [2.24, 2.45) is 18.2 Å². The minimum atomic E-state index is -0.535. The van der Waals surface area contributed by atoms with Crippen molar-refractivity contribution in [2.45, 2.75) is 25.3 Å². The molecule has 6 nitrogen and oxygen atoms in total. The number of benzene rings is 1. The second-order valence-electron chi connectivity index (χ2n) is 7.35. The Hall–Kier alpha value is -2.60. The summed E-state index contributed by atoms with van der Waals surface area (Å²) in [5.74, 6) is -0.723. The van der Waals surface area contributed by atoms with E-state index in [1.165, 1.54) is 11.1 Å². The molecule has 1 aromatic carbocycles. The predicted octanol–water partition coefficient (Wildman–Crippen LogP) is 1.95. The summed E-state index contributed by atoms with van der Waals surface area (Å²) in [6.07, 6.45) is 4.39. The highest BCUT2D eigenvalue weighted by Crippen LogP contribution is 2.51. The second-order valence-corrected chi connectivity index (χ2v) is 7.35. The zero-order chi connectivity index (χ0) is 18.3. The van der Waals surface area contributed by atoms with Crippen LogP contribution in [0, 0.1) is 5.41 Å². The number of primary amides is 1.